The summed E-state index contributed by atoms with van der Waals surface area (Å²) in [7, 11) is 0. The monoisotopic (exact) mass is 247 g/mol. The molecule has 1 N–H and O–H groups in total. The van der Waals surface area contributed by atoms with E-state index in [2.05, 4.69) is 15.3 Å². The highest BCUT2D eigenvalue weighted by Crippen LogP contribution is 2.20. The summed E-state index contributed by atoms with van der Waals surface area (Å²) in [5.74, 6) is -0.285. The van der Waals surface area contributed by atoms with Crippen LogP contribution in [-0.2, 0) is 0 Å². The van der Waals surface area contributed by atoms with Crippen molar-refractivity contribution in [1.82, 2.24) is 9.97 Å². The van der Waals surface area contributed by atoms with Gasteiger partial charge in [0.1, 0.15) is 12.0 Å². The molecule has 0 aliphatic carbocycles. The zero-order valence-corrected chi connectivity index (χ0v) is 9.90. The zero-order chi connectivity index (χ0) is 12.3. The molecule has 1 aromatic heterocycles. The third-order valence-corrected chi connectivity index (χ3v) is 2.65. The number of carbonyl (C=O) groups is 1. The summed E-state index contributed by atoms with van der Waals surface area (Å²) in [6.45, 7) is 1.90. The number of hydrogen-bond donors (Lipinski definition) is 1. The fourth-order valence-corrected chi connectivity index (χ4v) is 1.47. The Labute approximate surface area is 104 Å². The van der Waals surface area contributed by atoms with Gasteiger partial charge in [0.25, 0.3) is 5.91 Å². The number of anilines is 1. The van der Waals surface area contributed by atoms with E-state index in [1.54, 1.807) is 18.2 Å². The van der Waals surface area contributed by atoms with E-state index in [0.29, 0.717) is 16.4 Å². The molecular formula is C12H10ClN3O. The summed E-state index contributed by atoms with van der Waals surface area (Å²) in [4.78, 5) is 19.4. The molecule has 2 aromatic rings. The Bertz CT molecular complexity index is 543. The molecule has 0 aliphatic heterocycles. The quantitative estimate of drug-likeness (QED) is 0.888. The molecule has 86 valence electrons. The predicted molar refractivity (Wildman–Crippen MR) is 66.2 cm³/mol. The van der Waals surface area contributed by atoms with Crippen molar-refractivity contribution in [3.8, 4) is 0 Å². The Morgan fingerprint density at radius 1 is 1.35 bits per heavy atom. The maximum absolute atomic E-state index is 11.8. The predicted octanol–water partition coefficient (Wildman–Crippen LogP) is 2.69. The first-order valence-corrected chi connectivity index (χ1v) is 5.38. The molecule has 1 aromatic carbocycles. The van der Waals surface area contributed by atoms with Crippen LogP contribution in [0.1, 0.15) is 16.1 Å². The molecule has 0 unspecified atom stereocenters. The smallest absolute Gasteiger partial charge is 0.274 e. The van der Waals surface area contributed by atoms with Crippen molar-refractivity contribution in [2.24, 2.45) is 0 Å². The van der Waals surface area contributed by atoms with Gasteiger partial charge in [0.2, 0.25) is 0 Å². The van der Waals surface area contributed by atoms with E-state index in [9.17, 15) is 4.79 Å². The SMILES string of the molecule is Cc1ccc(NC(=O)c2ccncn2)cc1Cl. The highest BCUT2D eigenvalue weighted by atomic mass is 35.5. The van der Waals surface area contributed by atoms with Crippen molar-refractivity contribution < 1.29 is 4.79 Å². The van der Waals surface area contributed by atoms with Gasteiger partial charge >= 0.3 is 0 Å². The summed E-state index contributed by atoms with van der Waals surface area (Å²) >= 11 is 5.97. The first-order chi connectivity index (χ1) is 8.16. The number of nitrogens with zero attached hydrogens (tertiary/aromatic N) is 2. The Hall–Kier alpha value is -1.94. The molecule has 1 heterocycles. The van der Waals surface area contributed by atoms with Crippen LogP contribution in [0.2, 0.25) is 5.02 Å². The molecule has 0 atom stereocenters. The van der Waals surface area contributed by atoms with Gasteiger partial charge in [0.15, 0.2) is 0 Å². The Kier molecular flexibility index (Phi) is 3.35. The lowest BCUT2D eigenvalue weighted by Gasteiger charge is -2.05. The average molecular weight is 248 g/mol. The lowest BCUT2D eigenvalue weighted by Crippen LogP contribution is -2.13. The standard InChI is InChI=1S/C12H10ClN3O/c1-8-2-3-9(6-10(8)13)16-12(17)11-4-5-14-7-15-11/h2-7H,1H3,(H,16,17). The highest BCUT2D eigenvalue weighted by molar-refractivity contribution is 6.31. The third-order valence-electron chi connectivity index (χ3n) is 2.24. The van der Waals surface area contributed by atoms with Crippen LogP contribution >= 0.6 is 11.6 Å². The van der Waals surface area contributed by atoms with Crippen LogP contribution in [-0.4, -0.2) is 15.9 Å². The van der Waals surface area contributed by atoms with E-state index in [-0.39, 0.29) is 5.91 Å². The zero-order valence-electron chi connectivity index (χ0n) is 9.14. The molecule has 0 saturated heterocycles. The number of benzene rings is 1. The average Bonchev–Trinajstić information content (AvgIpc) is 2.35. The first kappa shape index (κ1) is 11.5. The first-order valence-electron chi connectivity index (χ1n) is 5.00. The third kappa shape index (κ3) is 2.79. The molecule has 17 heavy (non-hydrogen) atoms. The Balaban J connectivity index is 2.16. The minimum Gasteiger partial charge on any atom is -0.321 e. The van der Waals surface area contributed by atoms with Gasteiger partial charge in [-0.2, -0.15) is 0 Å². The lowest BCUT2D eigenvalue weighted by molar-refractivity contribution is 0.102. The summed E-state index contributed by atoms with van der Waals surface area (Å²) in [5.41, 5.74) is 1.92. The minimum absolute atomic E-state index is 0.285. The van der Waals surface area contributed by atoms with Gasteiger partial charge < -0.3 is 5.32 Å². The molecule has 0 radical (unpaired) electrons. The lowest BCUT2D eigenvalue weighted by atomic mass is 10.2. The van der Waals surface area contributed by atoms with Gasteiger partial charge in [0, 0.05) is 16.9 Å². The van der Waals surface area contributed by atoms with Crippen LogP contribution in [0.3, 0.4) is 0 Å². The van der Waals surface area contributed by atoms with Crippen LogP contribution in [0, 0.1) is 6.92 Å². The summed E-state index contributed by atoms with van der Waals surface area (Å²) < 4.78 is 0. The number of halogens is 1. The maximum Gasteiger partial charge on any atom is 0.274 e. The Morgan fingerprint density at radius 3 is 2.82 bits per heavy atom. The molecule has 4 nitrogen and oxygen atoms in total. The van der Waals surface area contributed by atoms with E-state index in [1.807, 2.05) is 13.0 Å². The van der Waals surface area contributed by atoms with Gasteiger partial charge in [-0.15, -0.1) is 0 Å². The van der Waals surface area contributed by atoms with E-state index in [0.717, 1.165) is 5.56 Å². The number of hydrogen-bond acceptors (Lipinski definition) is 3. The summed E-state index contributed by atoms with van der Waals surface area (Å²) in [5, 5.41) is 3.33. The van der Waals surface area contributed by atoms with Crippen LogP contribution in [0.15, 0.2) is 36.8 Å². The number of rotatable bonds is 2. The van der Waals surface area contributed by atoms with Crippen molar-refractivity contribution >= 4 is 23.2 Å². The van der Waals surface area contributed by atoms with E-state index in [4.69, 9.17) is 11.6 Å². The van der Waals surface area contributed by atoms with Gasteiger partial charge in [-0.3, -0.25) is 4.79 Å². The fourth-order valence-electron chi connectivity index (χ4n) is 1.29. The number of nitrogens with one attached hydrogen (secondary N) is 1. The molecule has 0 spiro atoms. The van der Waals surface area contributed by atoms with E-state index >= 15 is 0 Å². The van der Waals surface area contributed by atoms with Crippen molar-refractivity contribution in [2.45, 2.75) is 6.92 Å². The van der Waals surface area contributed by atoms with Gasteiger partial charge in [-0.25, -0.2) is 9.97 Å². The number of aryl methyl sites for hydroxylation is 1. The fraction of sp³-hybridized carbons (Fsp3) is 0.0833. The molecular weight excluding hydrogens is 238 g/mol. The van der Waals surface area contributed by atoms with Crippen LogP contribution in [0.25, 0.3) is 0 Å². The largest absolute Gasteiger partial charge is 0.321 e. The molecule has 2 rings (SSSR count). The van der Waals surface area contributed by atoms with Crippen LogP contribution in [0.5, 0.6) is 0 Å². The summed E-state index contributed by atoms with van der Waals surface area (Å²) in [6.07, 6.45) is 2.85. The van der Waals surface area contributed by atoms with Crippen molar-refractivity contribution in [3.05, 3.63) is 53.1 Å². The molecule has 0 aliphatic rings. The second-order valence-electron chi connectivity index (χ2n) is 3.51. The molecule has 1 amide bonds. The number of aromatic nitrogens is 2. The Morgan fingerprint density at radius 2 is 2.18 bits per heavy atom. The van der Waals surface area contributed by atoms with Crippen molar-refractivity contribution in [1.29, 1.82) is 0 Å². The molecule has 0 fully saturated rings. The second-order valence-corrected chi connectivity index (χ2v) is 3.92. The molecule has 0 saturated carbocycles. The van der Waals surface area contributed by atoms with E-state index < -0.39 is 0 Å². The maximum atomic E-state index is 11.8. The van der Waals surface area contributed by atoms with Gasteiger partial charge in [0.05, 0.1) is 0 Å². The van der Waals surface area contributed by atoms with E-state index in [1.165, 1.54) is 12.5 Å². The highest BCUT2D eigenvalue weighted by Gasteiger charge is 2.07. The van der Waals surface area contributed by atoms with Gasteiger partial charge in [-0.1, -0.05) is 17.7 Å². The van der Waals surface area contributed by atoms with Crippen LogP contribution < -0.4 is 5.32 Å². The van der Waals surface area contributed by atoms with Gasteiger partial charge in [-0.05, 0) is 30.7 Å². The normalized spacial score (nSPS) is 10.0. The van der Waals surface area contributed by atoms with Crippen molar-refractivity contribution in [2.75, 3.05) is 5.32 Å². The molecule has 0 bridgehead atoms. The summed E-state index contributed by atoms with van der Waals surface area (Å²) in [6, 6.07) is 6.89. The second kappa shape index (κ2) is 4.93. The van der Waals surface area contributed by atoms with Crippen LogP contribution in [0.4, 0.5) is 5.69 Å². The number of carbonyl (C=O) groups excluding carboxylic acids is 1. The molecule has 5 heteroatoms. The minimum atomic E-state index is -0.285. The number of amides is 1. The van der Waals surface area contributed by atoms with Crippen molar-refractivity contribution in [3.63, 3.8) is 0 Å². The topological polar surface area (TPSA) is 54.9 Å².